The van der Waals surface area contributed by atoms with Crippen LogP contribution in [-0.4, -0.2) is 16.4 Å². The molecule has 4 heteroatoms. The van der Waals surface area contributed by atoms with Gasteiger partial charge in [-0.2, -0.15) is 0 Å². The predicted molar refractivity (Wildman–Crippen MR) is 108 cm³/mol. The smallest absolute Gasteiger partial charge is 0.123 e. The van der Waals surface area contributed by atoms with Gasteiger partial charge in [-0.15, -0.1) is 0 Å². The molecule has 1 unspecified atom stereocenters. The third kappa shape index (κ3) is 4.91. The highest BCUT2D eigenvalue weighted by molar-refractivity contribution is 6.30. The van der Waals surface area contributed by atoms with Crippen molar-refractivity contribution in [3.63, 3.8) is 0 Å². The van der Waals surface area contributed by atoms with Gasteiger partial charge in [0.1, 0.15) is 12.0 Å². The van der Waals surface area contributed by atoms with E-state index in [-0.39, 0.29) is 16.7 Å². The Bertz CT molecular complexity index is 743. The molecule has 0 saturated carbocycles. The Morgan fingerprint density at radius 1 is 1.04 bits per heavy atom. The molecule has 0 aliphatic carbocycles. The maximum absolute atomic E-state index is 11.7. The molecule has 0 aliphatic heterocycles. The van der Waals surface area contributed by atoms with Crippen molar-refractivity contribution in [2.24, 2.45) is 5.92 Å². The normalized spacial score (nSPS) is 13.7. The van der Waals surface area contributed by atoms with E-state index in [2.05, 4.69) is 46.5 Å². The third-order valence-electron chi connectivity index (χ3n) is 4.67. The molecule has 1 aromatic heterocycles. The number of aromatic amines is 1. The molecule has 2 N–H and O–H groups in total. The Morgan fingerprint density at radius 3 is 1.96 bits per heavy atom. The minimum Gasteiger partial charge on any atom is -0.507 e. The summed E-state index contributed by atoms with van der Waals surface area (Å²) in [6.45, 7) is 12.6. The molecule has 142 valence electrons. The van der Waals surface area contributed by atoms with Crippen molar-refractivity contribution in [2.75, 3.05) is 0 Å². The number of H-pyrrole nitrogens is 1. The molecule has 0 spiro atoms. The lowest BCUT2D eigenvalue weighted by Gasteiger charge is -2.28. The van der Waals surface area contributed by atoms with Crippen LogP contribution in [0.3, 0.4) is 0 Å². The first-order valence-corrected chi connectivity index (χ1v) is 9.44. The number of aromatic hydroxyl groups is 1. The number of benzene rings is 1. The number of hydrogen-bond acceptors (Lipinski definition) is 2. The number of rotatable bonds is 5. The van der Waals surface area contributed by atoms with Crippen LogP contribution in [0.4, 0.5) is 0 Å². The number of carbonyl (C=O) groups excluding carboxylic acids is 1. The summed E-state index contributed by atoms with van der Waals surface area (Å²) in [5.74, 6) is 0.224. The van der Waals surface area contributed by atoms with Gasteiger partial charge in [0, 0.05) is 17.8 Å². The van der Waals surface area contributed by atoms with E-state index in [4.69, 9.17) is 11.6 Å². The molecule has 0 bridgehead atoms. The summed E-state index contributed by atoms with van der Waals surface area (Å²) in [7, 11) is 0. The van der Waals surface area contributed by atoms with Crippen LogP contribution in [0, 0.1) is 5.92 Å². The summed E-state index contributed by atoms with van der Waals surface area (Å²) in [5, 5.41) is 11.5. The first-order chi connectivity index (χ1) is 11.9. The third-order valence-corrected chi connectivity index (χ3v) is 4.88. The Balaban J connectivity index is 2.39. The van der Waals surface area contributed by atoms with Crippen LogP contribution in [0.5, 0.6) is 5.75 Å². The lowest BCUT2D eigenvalue weighted by Crippen LogP contribution is -2.19. The van der Waals surface area contributed by atoms with E-state index in [1.165, 1.54) is 0 Å². The van der Waals surface area contributed by atoms with E-state index in [0.717, 1.165) is 28.7 Å². The van der Waals surface area contributed by atoms with E-state index in [1.807, 2.05) is 18.2 Å². The van der Waals surface area contributed by atoms with Gasteiger partial charge in [0.15, 0.2) is 0 Å². The van der Waals surface area contributed by atoms with E-state index in [1.54, 1.807) is 6.20 Å². The van der Waals surface area contributed by atoms with Crippen LogP contribution in [-0.2, 0) is 28.5 Å². The highest BCUT2D eigenvalue weighted by atomic mass is 35.5. The van der Waals surface area contributed by atoms with E-state index >= 15 is 0 Å². The minimum absolute atomic E-state index is 0.144. The summed E-state index contributed by atoms with van der Waals surface area (Å²) in [6.07, 6.45) is 3.99. The lowest BCUT2D eigenvalue weighted by atomic mass is 9.77. The van der Waals surface area contributed by atoms with Crippen molar-refractivity contribution in [1.29, 1.82) is 0 Å². The van der Waals surface area contributed by atoms with Gasteiger partial charge >= 0.3 is 0 Å². The second-order valence-electron chi connectivity index (χ2n) is 9.19. The number of aldehydes is 1. The summed E-state index contributed by atoms with van der Waals surface area (Å²) < 4.78 is 0. The van der Waals surface area contributed by atoms with E-state index in [9.17, 15) is 9.90 Å². The Morgan fingerprint density at radius 2 is 1.58 bits per heavy atom. The largest absolute Gasteiger partial charge is 0.507 e. The molecule has 0 fully saturated rings. The molecule has 0 amide bonds. The van der Waals surface area contributed by atoms with Crippen LogP contribution in [0.2, 0.25) is 5.02 Å². The number of hydrogen-bond donors (Lipinski definition) is 2. The number of phenols is 1. The topological polar surface area (TPSA) is 53.1 Å². The average molecular weight is 376 g/mol. The highest BCUT2D eigenvalue weighted by Gasteiger charge is 2.27. The summed E-state index contributed by atoms with van der Waals surface area (Å²) >= 11 is 5.96. The van der Waals surface area contributed by atoms with Crippen LogP contribution in [0.25, 0.3) is 0 Å². The van der Waals surface area contributed by atoms with Gasteiger partial charge in [0.2, 0.25) is 0 Å². The number of phenolic OH excluding ortho intramolecular Hbond substituents is 1. The number of halogens is 1. The van der Waals surface area contributed by atoms with Crippen LogP contribution < -0.4 is 0 Å². The molecule has 2 aromatic rings. The summed E-state index contributed by atoms with van der Waals surface area (Å²) in [6, 6.07) is 5.95. The summed E-state index contributed by atoms with van der Waals surface area (Å²) in [4.78, 5) is 14.8. The quantitative estimate of drug-likeness (QED) is 0.671. The molecule has 0 aliphatic rings. The number of aromatic nitrogens is 1. The fraction of sp³-hybridized carbons (Fsp3) is 0.500. The zero-order chi connectivity index (χ0) is 19.7. The molecule has 3 nitrogen and oxygen atoms in total. The van der Waals surface area contributed by atoms with Gasteiger partial charge < -0.3 is 14.9 Å². The van der Waals surface area contributed by atoms with Crippen molar-refractivity contribution in [3.05, 3.63) is 51.8 Å². The van der Waals surface area contributed by atoms with Gasteiger partial charge in [-0.3, -0.25) is 0 Å². The van der Waals surface area contributed by atoms with Crippen LogP contribution >= 0.6 is 11.6 Å². The lowest BCUT2D eigenvalue weighted by molar-refractivity contribution is -0.111. The van der Waals surface area contributed by atoms with Gasteiger partial charge in [0.05, 0.1) is 5.02 Å². The van der Waals surface area contributed by atoms with E-state index < -0.39 is 0 Å². The molecule has 0 radical (unpaired) electrons. The van der Waals surface area contributed by atoms with Gasteiger partial charge in [-0.25, -0.2) is 0 Å². The molecule has 1 heterocycles. The van der Waals surface area contributed by atoms with Crippen molar-refractivity contribution in [2.45, 2.75) is 65.2 Å². The van der Waals surface area contributed by atoms with Crippen molar-refractivity contribution < 1.29 is 9.90 Å². The SMILES string of the molecule is CC(C)(C)c1cc(CC(C=O)Cc2cc(Cl)c[nH]2)cc(C(C)(C)C)c1O. The average Bonchev–Trinajstić information content (AvgIpc) is 2.90. The maximum atomic E-state index is 11.7. The number of carbonyl (C=O) groups is 1. The van der Waals surface area contributed by atoms with Gasteiger partial charge in [0.25, 0.3) is 0 Å². The fourth-order valence-electron chi connectivity index (χ4n) is 3.24. The molecular formula is C22H30ClNO2. The molecule has 1 atom stereocenters. The van der Waals surface area contributed by atoms with Crippen LogP contribution in [0.1, 0.15) is 63.9 Å². The first-order valence-electron chi connectivity index (χ1n) is 9.06. The van der Waals surface area contributed by atoms with E-state index in [0.29, 0.717) is 23.6 Å². The summed E-state index contributed by atoms with van der Waals surface area (Å²) in [5.41, 5.74) is 3.53. The van der Waals surface area contributed by atoms with Crippen molar-refractivity contribution >= 4 is 17.9 Å². The van der Waals surface area contributed by atoms with Gasteiger partial charge in [-0.1, -0.05) is 65.3 Å². The molecule has 0 saturated heterocycles. The van der Waals surface area contributed by atoms with Crippen molar-refractivity contribution in [3.8, 4) is 5.75 Å². The Hall–Kier alpha value is -1.74. The monoisotopic (exact) mass is 375 g/mol. The fourth-order valence-corrected chi connectivity index (χ4v) is 3.42. The molecule has 1 aromatic carbocycles. The number of nitrogens with one attached hydrogen (secondary N) is 1. The highest BCUT2D eigenvalue weighted by Crippen LogP contribution is 2.40. The van der Waals surface area contributed by atoms with Gasteiger partial charge in [-0.05, 0) is 46.4 Å². The van der Waals surface area contributed by atoms with Crippen LogP contribution in [0.15, 0.2) is 24.4 Å². The molecule has 26 heavy (non-hydrogen) atoms. The standard InChI is InChI=1S/C22H30ClNO2/c1-21(2,3)18-9-14(10-19(20(18)26)22(4,5)6)7-15(13-25)8-17-11-16(23)12-24-17/h9-13,15,24,26H,7-8H2,1-6H3. The predicted octanol–water partition coefficient (Wildman–Crippen LogP) is 5.57. The first kappa shape index (κ1) is 20.6. The molecular weight excluding hydrogens is 346 g/mol. The van der Waals surface area contributed by atoms with Crippen molar-refractivity contribution in [1.82, 2.24) is 4.98 Å². The second kappa shape index (κ2) is 7.48. The minimum atomic E-state index is -0.177. The molecule has 2 rings (SSSR count). The zero-order valence-electron chi connectivity index (χ0n) is 16.6. The Kier molecular flexibility index (Phi) is 5.92. The maximum Gasteiger partial charge on any atom is 0.123 e. The second-order valence-corrected chi connectivity index (χ2v) is 9.62. The zero-order valence-corrected chi connectivity index (χ0v) is 17.4. The Labute approximate surface area is 161 Å².